The van der Waals surface area contributed by atoms with Crippen LogP contribution >= 0.6 is 23.4 Å². The minimum Gasteiger partial charge on any atom is -0.450 e. The van der Waals surface area contributed by atoms with Crippen molar-refractivity contribution >= 4 is 35.4 Å². The molecule has 1 fully saturated rings. The van der Waals surface area contributed by atoms with E-state index in [1.54, 1.807) is 11.8 Å². The first-order valence-electron chi connectivity index (χ1n) is 10.1. The Bertz CT molecular complexity index is 944. The maximum atomic E-state index is 13.2. The van der Waals surface area contributed by atoms with Gasteiger partial charge < -0.3 is 9.64 Å². The predicted molar refractivity (Wildman–Crippen MR) is 114 cm³/mol. The third-order valence-electron chi connectivity index (χ3n) is 5.33. The molecule has 4 rings (SSSR count). The summed E-state index contributed by atoms with van der Waals surface area (Å²) in [6.07, 6.45) is 0.394. The van der Waals surface area contributed by atoms with Gasteiger partial charge in [0.25, 0.3) is 5.91 Å². The normalized spacial score (nSPS) is 20.3. The highest BCUT2D eigenvalue weighted by atomic mass is 35.5. The number of piperazine rings is 1. The average molecular weight is 450 g/mol. The average Bonchev–Trinajstić information content (AvgIpc) is 3.28. The van der Waals surface area contributed by atoms with Crippen molar-refractivity contribution in [3.8, 4) is 0 Å². The quantitative estimate of drug-likeness (QED) is 0.693. The second-order valence-electron chi connectivity index (χ2n) is 7.17. The zero-order valence-electron chi connectivity index (χ0n) is 17.0. The largest absolute Gasteiger partial charge is 0.450 e. The van der Waals surface area contributed by atoms with E-state index in [1.807, 2.05) is 31.2 Å². The third kappa shape index (κ3) is 4.06. The Balaban J connectivity index is 1.58. The van der Waals surface area contributed by atoms with Gasteiger partial charge in [-0.25, -0.2) is 9.78 Å². The molecule has 160 valence electrons. The molecule has 0 saturated carbocycles. The summed E-state index contributed by atoms with van der Waals surface area (Å²) in [4.78, 5) is 33.7. The highest BCUT2D eigenvalue weighted by Crippen LogP contribution is 2.41. The molecule has 0 radical (unpaired) electrons. The van der Waals surface area contributed by atoms with Gasteiger partial charge in [0.1, 0.15) is 5.25 Å². The Morgan fingerprint density at radius 3 is 2.70 bits per heavy atom. The second kappa shape index (κ2) is 8.95. The van der Waals surface area contributed by atoms with Crippen molar-refractivity contribution in [3.05, 3.63) is 40.7 Å². The van der Waals surface area contributed by atoms with Gasteiger partial charge in [-0.1, -0.05) is 42.4 Å². The van der Waals surface area contributed by atoms with E-state index < -0.39 is 0 Å². The molecule has 1 saturated heterocycles. The molecule has 2 unspecified atom stereocenters. The van der Waals surface area contributed by atoms with Crippen molar-refractivity contribution in [1.82, 2.24) is 24.6 Å². The number of fused-ring (bicyclic) bond motifs is 1. The van der Waals surface area contributed by atoms with E-state index in [0.717, 1.165) is 5.56 Å². The number of hydrogen-bond acceptors (Lipinski definition) is 7. The van der Waals surface area contributed by atoms with Gasteiger partial charge in [0.15, 0.2) is 11.0 Å². The Kier molecular flexibility index (Phi) is 6.31. The summed E-state index contributed by atoms with van der Waals surface area (Å²) in [5, 5.41) is 5.24. The molecular formula is C20H24ClN5O3S. The number of aryl methyl sites for hydroxylation is 1. The fraction of sp³-hybridized carbons (Fsp3) is 0.500. The third-order valence-corrected chi connectivity index (χ3v) is 6.76. The molecule has 2 aromatic rings. The molecule has 2 aliphatic rings. The number of benzene rings is 1. The van der Waals surface area contributed by atoms with Gasteiger partial charge in [-0.15, -0.1) is 5.10 Å². The number of carbonyl (C=O) groups excluding carboxylic acids is 2. The molecule has 0 spiro atoms. The first-order valence-corrected chi connectivity index (χ1v) is 11.4. The Morgan fingerprint density at radius 2 is 2.07 bits per heavy atom. The maximum absolute atomic E-state index is 13.2. The summed E-state index contributed by atoms with van der Waals surface area (Å²) in [6.45, 7) is 6.49. The number of hydrogen-bond donors (Lipinski definition) is 0. The molecule has 1 aromatic carbocycles. The van der Waals surface area contributed by atoms with Gasteiger partial charge >= 0.3 is 6.09 Å². The van der Waals surface area contributed by atoms with Gasteiger partial charge in [0.2, 0.25) is 0 Å². The van der Waals surface area contributed by atoms with E-state index in [0.29, 0.717) is 55.2 Å². The molecule has 2 aliphatic heterocycles. The maximum Gasteiger partial charge on any atom is 0.409 e. The van der Waals surface area contributed by atoms with Crippen LogP contribution < -0.4 is 0 Å². The second-order valence-corrected chi connectivity index (χ2v) is 8.72. The molecule has 0 bridgehead atoms. The standard InChI is InChI=1S/C20H24ClN5O3S/c1-3-15-22-19-26(23-15)18(27)17(30-19)16(13-6-5-7-14(21)12-13)24-8-10-25(11-9-24)20(28)29-4-2/h5-7,12,16-17H,3-4,8-11H2,1-2H3. The Hall–Kier alpha value is -2.10. The van der Waals surface area contributed by atoms with Crippen LogP contribution in [0.2, 0.25) is 5.02 Å². The molecule has 10 heteroatoms. The van der Waals surface area contributed by atoms with Crippen LogP contribution in [0, 0.1) is 0 Å². The van der Waals surface area contributed by atoms with Crippen LogP contribution in [0.4, 0.5) is 4.79 Å². The molecule has 0 N–H and O–H groups in total. The van der Waals surface area contributed by atoms with Crippen molar-refractivity contribution in [3.63, 3.8) is 0 Å². The predicted octanol–water partition coefficient (Wildman–Crippen LogP) is 3.12. The molecule has 1 aromatic heterocycles. The minimum atomic E-state index is -0.376. The van der Waals surface area contributed by atoms with Crippen LogP contribution in [-0.4, -0.2) is 74.6 Å². The van der Waals surface area contributed by atoms with Gasteiger partial charge in [-0.2, -0.15) is 4.68 Å². The monoisotopic (exact) mass is 449 g/mol. The van der Waals surface area contributed by atoms with Crippen LogP contribution in [0.3, 0.4) is 0 Å². The van der Waals surface area contributed by atoms with E-state index in [9.17, 15) is 9.59 Å². The fourth-order valence-electron chi connectivity index (χ4n) is 3.86. The molecule has 8 nitrogen and oxygen atoms in total. The van der Waals surface area contributed by atoms with E-state index in [-0.39, 0.29) is 23.3 Å². The number of carbonyl (C=O) groups is 2. The lowest BCUT2D eigenvalue weighted by Gasteiger charge is -2.40. The smallest absolute Gasteiger partial charge is 0.409 e. The lowest BCUT2D eigenvalue weighted by Crippen LogP contribution is -2.52. The summed E-state index contributed by atoms with van der Waals surface area (Å²) < 4.78 is 6.55. The number of amides is 1. The number of rotatable bonds is 5. The lowest BCUT2D eigenvalue weighted by atomic mass is 10.00. The number of thioether (sulfide) groups is 1. The minimum absolute atomic E-state index is 0.0694. The molecule has 3 heterocycles. The van der Waals surface area contributed by atoms with Crippen molar-refractivity contribution in [1.29, 1.82) is 0 Å². The molecule has 1 amide bonds. The van der Waals surface area contributed by atoms with Gasteiger partial charge in [0, 0.05) is 37.6 Å². The Labute approximate surface area is 184 Å². The molecule has 2 atom stereocenters. The number of ether oxygens (including phenoxy) is 1. The first-order chi connectivity index (χ1) is 14.5. The van der Waals surface area contributed by atoms with Gasteiger partial charge in [0.05, 0.1) is 12.6 Å². The van der Waals surface area contributed by atoms with Crippen LogP contribution in [0.25, 0.3) is 0 Å². The van der Waals surface area contributed by atoms with Crippen molar-refractivity contribution in [2.24, 2.45) is 0 Å². The van der Waals surface area contributed by atoms with E-state index in [4.69, 9.17) is 16.3 Å². The highest BCUT2D eigenvalue weighted by molar-refractivity contribution is 8.00. The summed E-state index contributed by atoms with van der Waals surface area (Å²) in [7, 11) is 0. The summed E-state index contributed by atoms with van der Waals surface area (Å²) in [5.41, 5.74) is 0.972. The summed E-state index contributed by atoms with van der Waals surface area (Å²) in [6, 6.07) is 7.43. The Morgan fingerprint density at radius 1 is 1.30 bits per heavy atom. The molecule has 0 aliphatic carbocycles. The first kappa shape index (κ1) is 21.1. The van der Waals surface area contributed by atoms with E-state index in [1.165, 1.54) is 16.4 Å². The SMILES string of the molecule is CCOC(=O)N1CCN(C(c2cccc(Cl)c2)C2Sc3nc(CC)nn3C2=O)CC1. The zero-order chi connectivity index (χ0) is 21.3. The lowest BCUT2D eigenvalue weighted by molar-refractivity contribution is 0.0600. The van der Waals surface area contributed by atoms with Gasteiger partial charge in [-0.05, 0) is 24.6 Å². The van der Waals surface area contributed by atoms with E-state index in [2.05, 4.69) is 15.0 Å². The number of nitrogens with zero attached hydrogens (tertiary/aromatic N) is 5. The highest BCUT2D eigenvalue weighted by Gasteiger charge is 2.43. The molecule has 30 heavy (non-hydrogen) atoms. The summed E-state index contributed by atoms with van der Waals surface area (Å²) >= 11 is 7.72. The number of halogens is 1. The summed E-state index contributed by atoms with van der Waals surface area (Å²) in [5.74, 6) is 0.603. The topological polar surface area (TPSA) is 80.6 Å². The molecular weight excluding hydrogens is 426 g/mol. The number of aromatic nitrogens is 3. The van der Waals surface area contributed by atoms with Crippen molar-refractivity contribution in [2.75, 3.05) is 32.8 Å². The van der Waals surface area contributed by atoms with Crippen LogP contribution in [0.15, 0.2) is 29.4 Å². The van der Waals surface area contributed by atoms with Crippen molar-refractivity contribution < 1.29 is 14.3 Å². The van der Waals surface area contributed by atoms with Crippen LogP contribution in [-0.2, 0) is 11.2 Å². The van der Waals surface area contributed by atoms with Crippen LogP contribution in [0.5, 0.6) is 0 Å². The van der Waals surface area contributed by atoms with E-state index >= 15 is 0 Å². The fourth-order valence-corrected chi connectivity index (χ4v) is 5.33. The van der Waals surface area contributed by atoms with Crippen LogP contribution in [0.1, 0.15) is 36.1 Å². The van der Waals surface area contributed by atoms with Crippen molar-refractivity contribution in [2.45, 2.75) is 36.7 Å². The van der Waals surface area contributed by atoms with Gasteiger partial charge in [-0.3, -0.25) is 9.69 Å². The zero-order valence-corrected chi connectivity index (χ0v) is 18.5.